The Morgan fingerprint density at radius 2 is 1.71 bits per heavy atom. The molecule has 2 N–H and O–H groups in total. The quantitative estimate of drug-likeness (QED) is 0.561. The minimum Gasteiger partial charge on any atom is -0.362 e. The molecule has 1 aromatic carbocycles. The third-order valence-corrected chi connectivity index (χ3v) is 3.60. The molecule has 0 fully saturated rings. The van der Waals surface area contributed by atoms with Crippen LogP contribution < -0.4 is 10.6 Å². The number of rotatable bonds is 7. The predicted octanol–water partition coefficient (Wildman–Crippen LogP) is 4.57. The Bertz CT molecular complexity index is 474. The standard InChI is InChI=1S/C15H20Cl2N2OS/c1-2-3-4-5-6-7-18-15(21)19-14(20)11-8-12(16)10-13(17)9-11/h8-10H,2-7H2,1H3,(H2,18,19,20,21). The molecule has 0 unspecified atom stereocenters. The van der Waals surface area contributed by atoms with Gasteiger partial charge in [-0.05, 0) is 36.8 Å². The smallest absolute Gasteiger partial charge is 0.257 e. The third kappa shape index (κ3) is 7.65. The molecule has 3 nitrogen and oxygen atoms in total. The fourth-order valence-corrected chi connectivity index (χ4v) is 2.56. The minimum absolute atomic E-state index is 0.317. The molecule has 116 valence electrons. The van der Waals surface area contributed by atoms with Gasteiger partial charge >= 0.3 is 0 Å². The average Bonchev–Trinajstić information content (AvgIpc) is 2.41. The van der Waals surface area contributed by atoms with Gasteiger partial charge in [-0.15, -0.1) is 0 Å². The second-order valence-electron chi connectivity index (χ2n) is 4.78. The normalized spacial score (nSPS) is 10.2. The summed E-state index contributed by atoms with van der Waals surface area (Å²) in [6.07, 6.45) is 5.93. The van der Waals surface area contributed by atoms with Crippen LogP contribution >= 0.6 is 35.4 Å². The number of hydrogen-bond donors (Lipinski definition) is 2. The predicted molar refractivity (Wildman–Crippen MR) is 93.3 cm³/mol. The summed E-state index contributed by atoms with van der Waals surface area (Å²) in [6, 6.07) is 4.68. The number of amides is 1. The van der Waals surface area contributed by atoms with Crippen molar-refractivity contribution in [2.45, 2.75) is 39.0 Å². The van der Waals surface area contributed by atoms with Gasteiger partial charge in [-0.25, -0.2) is 0 Å². The Balaban J connectivity index is 2.32. The fourth-order valence-electron chi connectivity index (χ4n) is 1.83. The van der Waals surface area contributed by atoms with Crippen molar-refractivity contribution >= 4 is 46.4 Å². The van der Waals surface area contributed by atoms with Gasteiger partial charge in [-0.1, -0.05) is 55.8 Å². The van der Waals surface area contributed by atoms with Gasteiger partial charge < -0.3 is 5.32 Å². The summed E-state index contributed by atoms with van der Waals surface area (Å²) in [5.74, 6) is -0.317. The van der Waals surface area contributed by atoms with Gasteiger partial charge in [0, 0.05) is 22.2 Å². The molecule has 0 saturated heterocycles. The zero-order valence-electron chi connectivity index (χ0n) is 12.0. The molecule has 0 spiro atoms. The van der Waals surface area contributed by atoms with Gasteiger partial charge in [-0.2, -0.15) is 0 Å². The Labute approximate surface area is 141 Å². The van der Waals surface area contributed by atoms with Crippen LogP contribution in [0.3, 0.4) is 0 Å². The van der Waals surface area contributed by atoms with E-state index < -0.39 is 0 Å². The molecule has 1 rings (SSSR count). The van der Waals surface area contributed by atoms with E-state index in [1.807, 2.05) is 0 Å². The van der Waals surface area contributed by atoms with Crippen LogP contribution in [0.25, 0.3) is 0 Å². The third-order valence-electron chi connectivity index (χ3n) is 2.92. The lowest BCUT2D eigenvalue weighted by atomic mass is 10.1. The summed E-state index contributed by atoms with van der Waals surface area (Å²) < 4.78 is 0. The zero-order chi connectivity index (χ0) is 15.7. The molecular formula is C15H20Cl2N2OS. The van der Waals surface area contributed by atoms with Crippen LogP contribution in [0.15, 0.2) is 18.2 Å². The molecule has 0 bridgehead atoms. The Morgan fingerprint density at radius 3 is 2.33 bits per heavy atom. The fraction of sp³-hybridized carbons (Fsp3) is 0.467. The van der Waals surface area contributed by atoms with Crippen LogP contribution in [-0.2, 0) is 0 Å². The number of unbranched alkanes of at least 4 members (excludes halogenated alkanes) is 4. The summed E-state index contributed by atoms with van der Waals surface area (Å²) in [7, 11) is 0. The summed E-state index contributed by atoms with van der Waals surface area (Å²) in [5, 5.41) is 6.80. The van der Waals surface area contributed by atoms with E-state index in [1.54, 1.807) is 18.2 Å². The Morgan fingerprint density at radius 1 is 1.10 bits per heavy atom. The molecule has 0 saturated carbocycles. The molecule has 0 atom stereocenters. The monoisotopic (exact) mass is 346 g/mol. The molecule has 0 aliphatic carbocycles. The number of nitrogens with one attached hydrogen (secondary N) is 2. The van der Waals surface area contributed by atoms with Crippen molar-refractivity contribution in [3.8, 4) is 0 Å². The highest BCUT2D eigenvalue weighted by atomic mass is 35.5. The maximum absolute atomic E-state index is 12.0. The van der Waals surface area contributed by atoms with Gasteiger partial charge in [0.2, 0.25) is 0 Å². The number of carbonyl (C=O) groups is 1. The van der Waals surface area contributed by atoms with Gasteiger partial charge in [0.1, 0.15) is 0 Å². The summed E-state index contributed by atoms with van der Waals surface area (Å²) >= 11 is 16.8. The number of hydrogen-bond acceptors (Lipinski definition) is 2. The van der Waals surface area contributed by atoms with E-state index in [-0.39, 0.29) is 5.91 Å². The highest BCUT2D eigenvalue weighted by Gasteiger charge is 2.09. The lowest BCUT2D eigenvalue weighted by Crippen LogP contribution is -2.39. The van der Waals surface area contributed by atoms with E-state index in [0.29, 0.717) is 20.7 Å². The maximum atomic E-state index is 12.0. The highest BCUT2D eigenvalue weighted by molar-refractivity contribution is 7.80. The first-order valence-corrected chi connectivity index (χ1v) is 8.24. The number of halogens is 2. The van der Waals surface area contributed by atoms with Gasteiger partial charge in [0.25, 0.3) is 5.91 Å². The van der Waals surface area contributed by atoms with Gasteiger partial charge in [0.05, 0.1) is 0 Å². The molecular weight excluding hydrogens is 327 g/mol. The molecule has 0 radical (unpaired) electrons. The van der Waals surface area contributed by atoms with Crippen LogP contribution in [-0.4, -0.2) is 17.6 Å². The van der Waals surface area contributed by atoms with E-state index in [1.165, 1.54) is 25.7 Å². The summed E-state index contributed by atoms with van der Waals surface area (Å²) in [4.78, 5) is 12.0. The molecule has 1 amide bonds. The van der Waals surface area contributed by atoms with Crippen molar-refractivity contribution in [1.82, 2.24) is 10.6 Å². The van der Waals surface area contributed by atoms with Crippen molar-refractivity contribution in [2.75, 3.05) is 6.54 Å². The highest BCUT2D eigenvalue weighted by Crippen LogP contribution is 2.18. The van der Waals surface area contributed by atoms with Crippen molar-refractivity contribution in [3.63, 3.8) is 0 Å². The van der Waals surface area contributed by atoms with Crippen molar-refractivity contribution < 1.29 is 4.79 Å². The first-order valence-electron chi connectivity index (χ1n) is 7.08. The van der Waals surface area contributed by atoms with Crippen LogP contribution in [0.1, 0.15) is 49.4 Å². The van der Waals surface area contributed by atoms with E-state index in [0.717, 1.165) is 13.0 Å². The molecule has 0 aliphatic rings. The van der Waals surface area contributed by atoms with Gasteiger partial charge in [0.15, 0.2) is 5.11 Å². The lowest BCUT2D eigenvalue weighted by Gasteiger charge is -2.10. The van der Waals surface area contributed by atoms with E-state index in [2.05, 4.69) is 17.6 Å². The van der Waals surface area contributed by atoms with Crippen LogP contribution in [0.5, 0.6) is 0 Å². The number of thiocarbonyl (C=S) groups is 1. The number of carbonyl (C=O) groups excluding carboxylic acids is 1. The Hall–Kier alpha value is -0.840. The summed E-state index contributed by atoms with van der Waals surface area (Å²) in [6.45, 7) is 2.95. The first kappa shape index (κ1) is 18.2. The number of benzene rings is 1. The van der Waals surface area contributed by atoms with Gasteiger partial charge in [-0.3, -0.25) is 10.1 Å². The SMILES string of the molecule is CCCCCCCNC(=S)NC(=O)c1cc(Cl)cc(Cl)c1. The minimum atomic E-state index is -0.317. The molecule has 0 heterocycles. The molecule has 6 heteroatoms. The lowest BCUT2D eigenvalue weighted by molar-refractivity contribution is 0.0976. The van der Waals surface area contributed by atoms with E-state index in [4.69, 9.17) is 35.4 Å². The van der Waals surface area contributed by atoms with E-state index >= 15 is 0 Å². The van der Waals surface area contributed by atoms with Crippen LogP contribution in [0, 0.1) is 0 Å². The van der Waals surface area contributed by atoms with E-state index in [9.17, 15) is 4.79 Å². The average molecular weight is 347 g/mol. The van der Waals surface area contributed by atoms with Crippen LogP contribution in [0.4, 0.5) is 0 Å². The second-order valence-corrected chi connectivity index (χ2v) is 6.06. The first-order chi connectivity index (χ1) is 10.0. The largest absolute Gasteiger partial charge is 0.362 e. The van der Waals surface area contributed by atoms with Crippen LogP contribution in [0.2, 0.25) is 10.0 Å². The second kappa shape index (κ2) is 9.98. The zero-order valence-corrected chi connectivity index (χ0v) is 14.4. The molecule has 1 aromatic rings. The molecule has 0 aromatic heterocycles. The summed E-state index contributed by atoms with van der Waals surface area (Å²) in [5.41, 5.74) is 0.389. The topological polar surface area (TPSA) is 41.1 Å². The molecule has 21 heavy (non-hydrogen) atoms. The van der Waals surface area contributed by atoms with Crippen molar-refractivity contribution in [2.24, 2.45) is 0 Å². The maximum Gasteiger partial charge on any atom is 0.257 e. The van der Waals surface area contributed by atoms with Crippen molar-refractivity contribution in [1.29, 1.82) is 0 Å². The van der Waals surface area contributed by atoms with Crippen molar-refractivity contribution in [3.05, 3.63) is 33.8 Å². The Kier molecular flexibility index (Phi) is 8.66. The molecule has 0 aliphatic heterocycles.